The molecule has 0 amide bonds. The summed E-state index contributed by atoms with van der Waals surface area (Å²) in [5.74, 6) is 0.345. The van der Waals surface area contributed by atoms with Crippen LogP contribution < -0.4 is 0 Å². The van der Waals surface area contributed by atoms with E-state index in [1.807, 2.05) is 56.3 Å². The van der Waals surface area contributed by atoms with Crippen LogP contribution in [0.4, 0.5) is 0 Å². The summed E-state index contributed by atoms with van der Waals surface area (Å²) in [5.41, 5.74) is 2.80. The monoisotopic (exact) mass is 284 g/mol. The van der Waals surface area contributed by atoms with E-state index in [9.17, 15) is 4.79 Å². The molecule has 0 unspecified atom stereocenters. The number of hydrogen-bond acceptors (Lipinski definition) is 3. The number of fused-ring (bicyclic) bond motifs is 1. The fourth-order valence-corrected chi connectivity index (χ4v) is 3.11. The lowest BCUT2D eigenvalue weighted by atomic mass is 9.95. The molecule has 3 atom stereocenters. The molecule has 3 rings (SSSR count). The maximum Gasteiger partial charge on any atom is 0.181 e. The van der Waals surface area contributed by atoms with E-state index in [0.717, 1.165) is 16.7 Å². The maximum atomic E-state index is 12.6. The van der Waals surface area contributed by atoms with Crippen LogP contribution in [0.2, 0.25) is 0 Å². The summed E-state index contributed by atoms with van der Waals surface area (Å²) in [6.45, 7) is 5.01. The molecule has 3 heteroatoms. The van der Waals surface area contributed by atoms with Gasteiger partial charge in [0.2, 0.25) is 0 Å². The maximum absolute atomic E-state index is 12.6. The van der Waals surface area contributed by atoms with Gasteiger partial charge in [0.25, 0.3) is 0 Å². The van der Waals surface area contributed by atoms with Crippen LogP contribution in [0.1, 0.15) is 19.4 Å². The first kappa shape index (κ1) is 14.2. The van der Waals surface area contributed by atoms with E-state index in [2.05, 4.69) is 0 Å². The molecule has 0 N–H and O–H groups in total. The van der Waals surface area contributed by atoms with Gasteiger partial charge in [-0.3, -0.25) is 4.79 Å². The Bertz CT molecular complexity index is 586. The number of rotatable bonds is 4. The van der Waals surface area contributed by atoms with Crippen molar-refractivity contribution in [2.24, 2.45) is 11.8 Å². The van der Waals surface area contributed by atoms with E-state index in [1.54, 1.807) is 0 Å². The van der Waals surface area contributed by atoms with Crippen molar-refractivity contribution in [1.82, 2.24) is 0 Å². The van der Waals surface area contributed by atoms with Crippen LogP contribution in [0.25, 0.3) is 5.57 Å². The van der Waals surface area contributed by atoms with Crippen molar-refractivity contribution in [2.75, 3.05) is 13.2 Å². The first-order chi connectivity index (χ1) is 10.2. The number of Topliss-reactive ketones (excluding diaryl/α,β-unsaturated/α-hetero) is 1. The molecule has 0 saturated carbocycles. The van der Waals surface area contributed by atoms with E-state index < -0.39 is 6.29 Å². The molecule has 110 valence electrons. The predicted molar refractivity (Wildman–Crippen MR) is 81.5 cm³/mol. The van der Waals surface area contributed by atoms with Crippen molar-refractivity contribution in [3.05, 3.63) is 53.6 Å². The molecule has 1 aliphatic heterocycles. The second-order valence-electron chi connectivity index (χ2n) is 5.52. The number of hydrogen-bond donors (Lipinski definition) is 0. The third-order valence-electron chi connectivity index (χ3n) is 4.27. The average Bonchev–Trinajstić information content (AvgIpc) is 3.01. The van der Waals surface area contributed by atoms with Gasteiger partial charge in [0.1, 0.15) is 0 Å². The molecule has 0 spiro atoms. The quantitative estimate of drug-likeness (QED) is 0.796. The largest absolute Gasteiger partial charge is 0.348 e. The van der Waals surface area contributed by atoms with Gasteiger partial charge < -0.3 is 9.47 Å². The molecule has 1 aliphatic carbocycles. The highest BCUT2D eigenvalue weighted by molar-refractivity contribution is 6.25. The Kier molecular flexibility index (Phi) is 4.04. The zero-order valence-electron chi connectivity index (χ0n) is 12.4. The number of carbonyl (C=O) groups excluding carboxylic acids is 1. The number of ether oxygens (including phenoxy) is 2. The standard InChI is InChI=1S/C18H20O3/c1-3-4-10-20-18-16-14(11-21-18)12(2)17(19)15(16)13-8-6-5-7-9-13/h3-9,12,14,18H,10-11H2,1-2H3/b4-3+/t12-,14-,18+/m1/s1. The van der Waals surface area contributed by atoms with Gasteiger partial charge in [-0.05, 0) is 12.5 Å². The van der Waals surface area contributed by atoms with Crippen LogP contribution in [0, 0.1) is 11.8 Å². The summed E-state index contributed by atoms with van der Waals surface area (Å²) < 4.78 is 11.6. The van der Waals surface area contributed by atoms with Crippen LogP contribution in [0.5, 0.6) is 0 Å². The topological polar surface area (TPSA) is 35.5 Å². The van der Waals surface area contributed by atoms with Crippen LogP contribution in [-0.2, 0) is 14.3 Å². The van der Waals surface area contributed by atoms with E-state index in [1.165, 1.54) is 0 Å². The molecule has 1 saturated heterocycles. The first-order valence-electron chi connectivity index (χ1n) is 7.42. The molecule has 0 radical (unpaired) electrons. The smallest absolute Gasteiger partial charge is 0.181 e. The number of ketones is 1. The summed E-state index contributed by atoms with van der Waals surface area (Å²) in [4.78, 5) is 12.6. The van der Waals surface area contributed by atoms with Crippen LogP contribution in [-0.4, -0.2) is 25.3 Å². The molecular formula is C18H20O3. The Morgan fingerprint density at radius 2 is 2.10 bits per heavy atom. The summed E-state index contributed by atoms with van der Waals surface area (Å²) in [6, 6.07) is 9.84. The number of allylic oxidation sites excluding steroid dienone is 2. The van der Waals surface area contributed by atoms with Gasteiger partial charge in [0.05, 0.1) is 13.2 Å². The fraction of sp³-hybridized carbons (Fsp3) is 0.389. The number of benzene rings is 1. The van der Waals surface area contributed by atoms with Crippen molar-refractivity contribution in [3.8, 4) is 0 Å². The lowest BCUT2D eigenvalue weighted by Gasteiger charge is -2.14. The van der Waals surface area contributed by atoms with Gasteiger partial charge in [0.15, 0.2) is 12.1 Å². The van der Waals surface area contributed by atoms with Gasteiger partial charge in [-0.2, -0.15) is 0 Å². The fourth-order valence-electron chi connectivity index (χ4n) is 3.11. The highest BCUT2D eigenvalue weighted by Crippen LogP contribution is 2.45. The molecule has 21 heavy (non-hydrogen) atoms. The highest BCUT2D eigenvalue weighted by atomic mass is 16.7. The Labute approximate surface area is 125 Å². The predicted octanol–water partition coefficient (Wildman–Crippen LogP) is 3.22. The second kappa shape index (κ2) is 5.96. The van der Waals surface area contributed by atoms with E-state index >= 15 is 0 Å². The summed E-state index contributed by atoms with van der Waals surface area (Å²) in [5, 5.41) is 0. The van der Waals surface area contributed by atoms with Crippen molar-refractivity contribution in [3.63, 3.8) is 0 Å². The zero-order valence-corrected chi connectivity index (χ0v) is 12.4. The van der Waals surface area contributed by atoms with Crippen LogP contribution >= 0.6 is 0 Å². The molecular weight excluding hydrogens is 264 g/mol. The Hall–Kier alpha value is -1.71. The molecule has 2 aliphatic rings. The van der Waals surface area contributed by atoms with Crippen molar-refractivity contribution in [2.45, 2.75) is 20.1 Å². The normalized spacial score (nSPS) is 28.7. The van der Waals surface area contributed by atoms with Gasteiger partial charge in [-0.15, -0.1) is 0 Å². The minimum Gasteiger partial charge on any atom is -0.348 e. The lowest BCUT2D eigenvalue weighted by Crippen LogP contribution is -2.15. The molecule has 3 nitrogen and oxygen atoms in total. The second-order valence-corrected chi connectivity index (χ2v) is 5.52. The molecule has 0 aromatic heterocycles. The SMILES string of the molecule is C/C=C/CO[C@H]1OC[C@H]2C1=C(c1ccccc1)C(=O)[C@@H]2C. The summed E-state index contributed by atoms with van der Waals surface area (Å²) >= 11 is 0. The minimum absolute atomic E-state index is 0.0227. The van der Waals surface area contributed by atoms with Crippen molar-refractivity contribution in [1.29, 1.82) is 0 Å². The first-order valence-corrected chi connectivity index (χ1v) is 7.42. The minimum atomic E-state index is -0.393. The van der Waals surface area contributed by atoms with Gasteiger partial charge >= 0.3 is 0 Å². The molecule has 1 fully saturated rings. The third kappa shape index (κ3) is 2.47. The van der Waals surface area contributed by atoms with Gasteiger partial charge in [-0.1, -0.05) is 49.4 Å². The summed E-state index contributed by atoms with van der Waals surface area (Å²) in [7, 11) is 0. The molecule has 1 aromatic carbocycles. The zero-order chi connectivity index (χ0) is 14.8. The Morgan fingerprint density at radius 3 is 2.81 bits per heavy atom. The van der Waals surface area contributed by atoms with E-state index in [-0.39, 0.29) is 17.6 Å². The Balaban J connectivity index is 1.97. The van der Waals surface area contributed by atoms with Crippen LogP contribution in [0.15, 0.2) is 48.1 Å². The van der Waals surface area contributed by atoms with E-state index in [4.69, 9.17) is 9.47 Å². The van der Waals surface area contributed by atoms with Gasteiger partial charge in [-0.25, -0.2) is 0 Å². The third-order valence-corrected chi connectivity index (χ3v) is 4.27. The van der Waals surface area contributed by atoms with E-state index in [0.29, 0.717) is 13.2 Å². The Morgan fingerprint density at radius 1 is 1.33 bits per heavy atom. The molecule has 1 aromatic rings. The highest BCUT2D eigenvalue weighted by Gasteiger charge is 2.47. The lowest BCUT2D eigenvalue weighted by molar-refractivity contribution is -0.118. The molecule has 1 heterocycles. The van der Waals surface area contributed by atoms with Crippen molar-refractivity contribution < 1.29 is 14.3 Å². The average molecular weight is 284 g/mol. The number of carbonyl (C=O) groups is 1. The van der Waals surface area contributed by atoms with Crippen LogP contribution in [0.3, 0.4) is 0 Å². The van der Waals surface area contributed by atoms with Gasteiger partial charge in [0, 0.05) is 23.0 Å². The van der Waals surface area contributed by atoms with Crippen molar-refractivity contribution >= 4 is 11.4 Å². The summed E-state index contributed by atoms with van der Waals surface area (Å²) in [6.07, 6.45) is 3.50. The molecule has 0 bridgehead atoms.